The summed E-state index contributed by atoms with van der Waals surface area (Å²) in [5.74, 6) is 3.55. The molecule has 2 rings (SSSR count). The van der Waals surface area contributed by atoms with Crippen LogP contribution in [0.15, 0.2) is 60.7 Å². The van der Waals surface area contributed by atoms with E-state index in [4.69, 9.17) is 0 Å². The molecule has 0 fully saturated rings. The van der Waals surface area contributed by atoms with Crippen molar-refractivity contribution in [2.75, 3.05) is 0 Å². The quantitative estimate of drug-likeness (QED) is 0.539. The summed E-state index contributed by atoms with van der Waals surface area (Å²) in [5.41, 5.74) is 5.70. The summed E-state index contributed by atoms with van der Waals surface area (Å²) < 4.78 is 0. The van der Waals surface area contributed by atoms with Gasteiger partial charge in [0, 0.05) is 0 Å². The highest BCUT2D eigenvalue weighted by atomic mass is 28.1. The van der Waals surface area contributed by atoms with Crippen LogP contribution in [-0.2, 0) is 0 Å². The van der Waals surface area contributed by atoms with Crippen LogP contribution in [0.1, 0.15) is 17.0 Å². The van der Waals surface area contributed by atoms with Gasteiger partial charge in [0.25, 0.3) is 0 Å². The van der Waals surface area contributed by atoms with Crippen LogP contribution in [0.5, 0.6) is 0 Å². The van der Waals surface area contributed by atoms with Gasteiger partial charge >= 0.3 is 0 Å². The summed E-state index contributed by atoms with van der Waals surface area (Å²) in [7, 11) is 0.928. The Bertz CT molecular complexity index is 452. The first-order valence-electron chi connectivity index (χ1n) is 5.44. The summed E-state index contributed by atoms with van der Waals surface area (Å²) in [6.45, 7) is 0. The van der Waals surface area contributed by atoms with E-state index < -0.39 is 0 Å². The molecule has 0 nitrogen and oxygen atoms in total. The van der Waals surface area contributed by atoms with E-state index in [-0.39, 0.29) is 5.92 Å². The molecule has 0 bridgehead atoms. The molecule has 2 aromatic carbocycles. The third kappa shape index (κ3) is 2.42. The third-order valence-electron chi connectivity index (χ3n) is 2.55. The van der Waals surface area contributed by atoms with Crippen molar-refractivity contribution in [3.05, 3.63) is 71.8 Å². The highest BCUT2D eigenvalue weighted by Gasteiger charge is 2.09. The average molecular weight is 222 g/mol. The number of hydrogen-bond donors (Lipinski definition) is 0. The lowest BCUT2D eigenvalue weighted by atomic mass is 9.92. The van der Waals surface area contributed by atoms with Crippen molar-refractivity contribution in [1.82, 2.24) is 0 Å². The lowest BCUT2D eigenvalue weighted by Crippen LogP contribution is -1.97. The van der Waals surface area contributed by atoms with Crippen LogP contribution in [0.25, 0.3) is 0 Å². The van der Waals surface area contributed by atoms with Crippen LogP contribution in [-0.4, -0.2) is 10.2 Å². The molecule has 0 saturated heterocycles. The van der Waals surface area contributed by atoms with E-state index in [2.05, 4.69) is 60.0 Å². The van der Waals surface area contributed by atoms with E-state index in [1.807, 2.05) is 12.1 Å². The molecule has 0 radical (unpaired) electrons. The molecular weight excluding hydrogens is 208 g/mol. The van der Waals surface area contributed by atoms with E-state index in [0.29, 0.717) is 0 Å². The Morgan fingerprint density at radius 1 is 0.750 bits per heavy atom. The molecule has 78 valence electrons. The standard InChI is InChI=1S/C15H14Si/c16-12-11-15(13-7-3-1-4-8-13)14-9-5-2-6-10-14/h1-10,15H,16H3. The number of benzene rings is 2. The Hall–Kier alpha value is -1.78. The first kappa shape index (κ1) is 10.7. The molecule has 0 heterocycles. The van der Waals surface area contributed by atoms with Gasteiger partial charge in [0.15, 0.2) is 0 Å². The fourth-order valence-corrected chi connectivity index (χ4v) is 2.08. The molecule has 0 aliphatic rings. The van der Waals surface area contributed by atoms with Crippen molar-refractivity contribution < 1.29 is 0 Å². The smallest absolute Gasteiger partial charge is 0.0906 e. The summed E-state index contributed by atoms with van der Waals surface area (Å²) in [6.07, 6.45) is 0. The van der Waals surface area contributed by atoms with Gasteiger partial charge in [-0.25, -0.2) is 0 Å². The molecule has 0 unspecified atom stereocenters. The Morgan fingerprint density at radius 3 is 1.56 bits per heavy atom. The van der Waals surface area contributed by atoms with Crippen molar-refractivity contribution in [2.45, 2.75) is 5.92 Å². The predicted molar refractivity (Wildman–Crippen MR) is 72.4 cm³/mol. The van der Waals surface area contributed by atoms with Crippen molar-refractivity contribution in [3.8, 4) is 11.5 Å². The second-order valence-corrected chi connectivity index (χ2v) is 4.15. The van der Waals surface area contributed by atoms with Crippen molar-refractivity contribution in [1.29, 1.82) is 0 Å². The van der Waals surface area contributed by atoms with Crippen LogP contribution < -0.4 is 0 Å². The minimum Gasteiger partial charge on any atom is -0.143 e. The van der Waals surface area contributed by atoms with Gasteiger partial charge in [-0.1, -0.05) is 66.6 Å². The van der Waals surface area contributed by atoms with Crippen molar-refractivity contribution in [2.24, 2.45) is 0 Å². The second kappa shape index (κ2) is 5.34. The largest absolute Gasteiger partial charge is 0.143 e. The van der Waals surface area contributed by atoms with Crippen LogP contribution in [0.2, 0.25) is 0 Å². The minimum absolute atomic E-state index is 0.222. The third-order valence-corrected chi connectivity index (χ3v) is 2.84. The number of hydrogen-bond acceptors (Lipinski definition) is 0. The summed E-state index contributed by atoms with van der Waals surface area (Å²) in [5, 5.41) is 0. The lowest BCUT2D eigenvalue weighted by molar-refractivity contribution is 1.06. The molecule has 2 aromatic rings. The molecule has 0 atom stereocenters. The van der Waals surface area contributed by atoms with Crippen LogP contribution in [0, 0.1) is 11.5 Å². The Balaban J connectivity index is 2.42. The van der Waals surface area contributed by atoms with E-state index in [1.165, 1.54) is 11.1 Å². The SMILES string of the molecule is [SiH3]C#CC(c1ccccc1)c1ccccc1. The fraction of sp³-hybridized carbons (Fsp3) is 0.0667. The van der Waals surface area contributed by atoms with E-state index in [1.54, 1.807) is 0 Å². The Labute approximate surface area is 99.8 Å². The second-order valence-electron chi connectivity index (χ2n) is 3.65. The van der Waals surface area contributed by atoms with Gasteiger partial charge in [0.1, 0.15) is 0 Å². The van der Waals surface area contributed by atoms with Crippen LogP contribution in [0.4, 0.5) is 0 Å². The van der Waals surface area contributed by atoms with Gasteiger partial charge in [-0.05, 0) is 11.1 Å². The summed E-state index contributed by atoms with van der Waals surface area (Å²) in [6, 6.07) is 20.9. The molecule has 0 aliphatic carbocycles. The maximum atomic E-state index is 3.33. The molecule has 0 N–H and O–H groups in total. The molecule has 0 amide bonds. The Morgan fingerprint density at radius 2 is 1.19 bits per heavy atom. The maximum Gasteiger partial charge on any atom is 0.0906 e. The molecule has 16 heavy (non-hydrogen) atoms. The fourth-order valence-electron chi connectivity index (χ4n) is 1.79. The van der Waals surface area contributed by atoms with Crippen molar-refractivity contribution >= 4 is 10.2 Å². The zero-order valence-corrected chi connectivity index (χ0v) is 11.4. The molecule has 0 spiro atoms. The van der Waals surface area contributed by atoms with Gasteiger partial charge in [0.2, 0.25) is 0 Å². The monoisotopic (exact) mass is 222 g/mol. The summed E-state index contributed by atoms with van der Waals surface area (Å²) >= 11 is 0. The maximum absolute atomic E-state index is 3.33. The zero-order valence-electron chi connectivity index (χ0n) is 9.35. The van der Waals surface area contributed by atoms with E-state index in [0.717, 1.165) is 10.2 Å². The van der Waals surface area contributed by atoms with E-state index in [9.17, 15) is 0 Å². The first-order valence-corrected chi connectivity index (χ1v) is 6.44. The van der Waals surface area contributed by atoms with Gasteiger partial charge in [-0.2, -0.15) is 0 Å². The molecular formula is C15H14Si. The first-order chi connectivity index (χ1) is 7.92. The molecule has 1 heteroatoms. The van der Waals surface area contributed by atoms with Crippen LogP contribution in [0.3, 0.4) is 0 Å². The average Bonchev–Trinajstić information content (AvgIpc) is 2.38. The van der Waals surface area contributed by atoms with Gasteiger partial charge in [-0.15, -0.1) is 5.54 Å². The predicted octanol–water partition coefficient (Wildman–Crippen LogP) is 2.14. The zero-order chi connectivity index (χ0) is 11.2. The van der Waals surface area contributed by atoms with Gasteiger partial charge in [0.05, 0.1) is 16.2 Å². The minimum atomic E-state index is 0.222. The lowest BCUT2D eigenvalue weighted by Gasteiger charge is -2.11. The molecule has 0 aromatic heterocycles. The van der Waals surface area contributed by atoms with E-state index >= 15 is 0 Å². The van der Waals surface area contributed by atoms with Gasteiger partial charge < -0.3 is 0 Å². The molecule has 0 aliphatic heterocycles. The van der Waals surface area contributed by atoms with Crippen molar-refractivity contribution in [3.63, 3.8) is 0 Å². The Kier molecular flexibility index (Phi) is 3.58. The molecule has 0 saturated carbocycles. The van der Waals surface area contributed by atoms with Crippen LogP contribution >= 0.6 is 0 Å². The normalized spacial score (nSPS) is 9.81. The topological polar surface area (TPSA) is 0 Å². The highest BCUT2D eigenvalue weighted by molar-refractivity contribution is 6.22. The highest BCUT2D eigenvalue weighted by Crippen LogP contribution is 2.23. The number of rotatable bonds is 2. The summed E-state index contributed by atoms with van der Waals surface area (Å²) in [4.78, 5) is 0. The van der Waals surface area contributed by atoms with Gasteiger partial charge in [-0.3, -0.25) is 0 Å².